The van der Waals surface area contributed by atoms with Crippen molar-refractivity contribution >= 4 is 29.3 Å². The van der Waals surface area contributed by atoms with Crippen LogP contribution in [0.15, 0.2) is 24.3 Å². The fourth-order valence-electron chi connectivity index (χ4n) is 3.04. The number of carboxylic acids is 1. The lowest BCUT2D eigenvalue weighted by atomic mass is 9.98. The molecule has 2 atom stereocenters. The number of thioether (sulfide) groups is 1. The van der Waals surface area contributed by atoms with Crippen LogP contribution in [0.1, 0.15) is 24.3 Å². The molecule has 0 bridgehead atoms. The largest absolute Gasteiger partial charge is 0.481 e. The number of anilines is 1. The fraction of sp³-hybridized carbons (Fsp3) is 0.467. The Balaban J connectivity index is 1.86. The van der Waals surface area contributed by atoms with E-state index in [9.17, 15) is 9.59 Å². The van der Waals surface area contributed by atoms with E-state index in [0.717, 1.165) is 29.2 Å². The quantitative estimate of drug-likeness (QED) is 0.928. The van der Waals surface area contributed by atoms with Crippen molar-refractivity contribution in [3.63, 3.8) is 0 Å². The number of hydrogen-bond donors (Lipinski definition) is 1. The highest BCUT2D eigenvalue weighted by Crippen LogP contribution is 2.39. The van der Waals surface area contributed by atoms with E-state index in [2.05, 4.69) is 0 Å². The van der Waals surface area contributed by atoms with E-state index < -0.39 is 5.97 Å². The monoisotopic (exact) mass is 291 g/mol. The number of benzene rings is 1. The first-order chi connectivity index (χ1) is 9.66. The number of aliphatic carboxylic acids is 1. The molecular formula is C15H17NO3S. The molecule has 1 N–H and O–H groups in total. The van der Waals surface area contributed by atoms with E-state index in [0.29, 0.717) is 6.54 Å². The van der Waals surface area contributed by atoms with Crippen LogP contribution >= 0.6 is 11.8 Å². The van der Waals surface area contributed by atoms with Gasteiger partial charge in [0.1, 0.15) is 0 Å². The molecule has 1 fully saturated rings. The Hall–Kier alpha value is -1.49. The number of para-hydroxylation sites is 1. The Morgan fingerprint density at radius 2 is 2.15 bits per heavy atom. The molecule has 20 heavy (non-hydrogen) atoms. The number of carboxylic acid groups (broad SMARTS) is 1. The summed E-state index contributed by atoms with van der Waals surface area (Å²) in [5.41, 5.74) is 1.90. The molecule has 4 nitrogen and oxygen atoms in total. The topological polar surface area (TPSA) is 57.6 Å². The Morgan fingerprint density at radius 3 is 2.85 bits per heavy atom. The van der Waals surface area contributed by atoms with Gasteiger partial charge in [0.15, 0.2) is 0 Å². The predicted molar refractivity (Wildman–Crippen MR) is 79.2 cm³/mol. The molecule has 3 rings (SSSR count). The zero-order chi connectivity index (χ0) is 14.1. The maximum atomic E-state index is 12.6. The summed E-state index contributed by atoms with van der Waals surface area (Å²) in [6, 6.07) is 7.69. The van der Waals surface area contributed by atoms with E-state index in [4.69, 9.17) is 5.11 Å². The van der Waals surface area contributed by atoms with Crippen LogP contribution in [-0.4, -0.2) is 35.0 Å². The van der Waals surface area contributed by atoms with E-state index in [-0.39, 0.29) is 24.2 Å². The normalized spacial score (nSPS) is 24.7. The molecule has 0 spiro atoms. The van der Waals surface area contributed by atoms with E-state index in [1.165, 1.54) is 0 Å². The number of carbonyl (C=O) groups is 2. The van der Waals surface area contributed by atoms with Crippen molar-refractivity contribution in [3.05, 3.63) is 29.8 Å². The average Bonchev–Trinajstić information content (AvgIpc) is 3.06. The van der Waals surface area contributed by atoms with Gasteiger partial charge in [0, 0.05) is 29.8 Å². The van der Waals surface area contributed by atoms with Gasteiger partial charge in [-0.15, -0.1) is 0 Å². The van der Waals surface area contributed by atoms with Gasteiger partial charge in [-0.3, -0.25) is 9.59 Å². The summed E-state index contributed by atoms with van der Waals surface area (Å²) in [6.45, 7) is 0.506. The van der Waals surface area contributed by atoms with Gasteiger partial charge in [0.2, 0.25) is 5.91 Å². The van der Waals surface area contributed by atoms with Crippen molar-refractivity contribution in [2.45, 2.75) is 18.8 Å². The first kappa shape index (κ1) is 13.5. The lowest BCUT2D eigenvalue weighted by Crippen LogP contribution is -2.35. The van der Waals surface area contributed by atoms with E-state index in [1.807, 2.05) is 36.0 Å². The number of fused-ring (bicyclic) bond motifs is 1. The van der Waals surface area contributed by atoms with E-state index in [1.54, 1.807) is 4.90 Å². The minimum Gasteiger partial charge on any atom is -0.481 e. The zero-order valence-electron chi connectivity index (χ0n) is 11.1. The average molecular weight is 291 g/mol. The lowest BCUT2D eigenvalue weighted by molar-refractivity contribution is -0.137. The maximum Gasteiger partial charge on any atom is 0.304 e. The second-order valence-electron chi connectivity index (χ2n) is 5.36. The summed E-state index contributed by atoms with van der Waals surface area (Å²) >= 11 is 1.82. The molecule has 1 aromatic rings. The third-order valence-corrected chi connectivity index (χ3v) is 5.20. The van der Waals surface area contributed by atoms with Crippen LogP contribution in [0.2, 0.25) is 0 Å². The number of hydrogen-bond acceptors (Lipinski definition) is 3. The van der Waals surface area contributed by atoms with Gasteiger partial charge in [-0.1, -0.05) is 18.2 Å². The Kier molecular flexibility index (Phi) is 3.70. The molecule has 1 amide bonds. The van der Waals surface area contributed by atoms with Gasteiger partial charge in [0.25, 0.3) is 0 Å². The number of nitrogens with zero attached hydrogens (tertiary/aromatic N) is 1. The van der Waals surface area contributed by atoms with Crippen LogP contribution in [0.25, 0.3) is 0 Å². The summed E-state index contributed by atoms with van der Waals surface area (Å²) < 4.78 is 0. The summed E-state index contributed by atoms with van der Waals surface area (Å²) in [5.74, 6) is 1.30. The summed E-state index contributed by atoms with van der Waals surface area (Å²) in [4.78, 5) is 25.4. The SMILES string of the molecule is O=C(O)CC1CN(C(=O)C2CCSC2)c2ccccc21. The third kappa shape index (κ3) is 2.42. The van der Waals surface area contributed by atoms with Crippen LogP contribution in [-0.2, 0) is 9.59 Å². The number of amides is 1. The molecule has 0 saturated carbocycles. The Bertz CT molecular complexity index is 540. The predicted octanol–water partition coefficient (Wildman–Crippen LogP) is 2.34. The smallest absolute Gasteiger partial charge is 0.304 e. The third-order valence-electron chi connectivity index (χ3n) is 4.04. The molecule has 2 aliphatic heterocycles. The highest BCUT2D eigenvalue weighted by atomic mass is 32.2. The molecule has 2 aliphatic rings. The van der Waals surface area contributed by atoms with Gasteiger partial charge in [0.05, 0.1) is 6.42 Å². The molecule has 2 heterocycles. The first-order valence-corrected chi connectivity index (χ1v) is 8.02. The van der Waals surface area contributed by atoms with Crippen molar-refractivity contribution in [2.75, 3.05) is 23.0 Å². The van der Waals surface area contributed by atoms with Gasteiger partial charge in [-0.2, -0.15) is 11.8 Å². The van der Waals surface area contributed by atoms with Crippen molar-refractivity contribution in [3.8, 4) is 0 Å². The fourth-order valence-corrected chi connectivity index (χ4v) is 4.25. The minimum absolute atomic E-state index is 0.0818. The molecule has 106 valence electrons. The summed E-state index contributed by atoms with van der Waals surface area (Å²) in [5, 5.41) is 9.03. The molecular weight excluding hydrogens is 274 g/mol. The van der Waals surface area contributed by atoms with Gasteiger partial charge in [-0.05, 0) is 23.8 Å². The molecule has 0 radical (unpaired) electrons. The van der Waals surface area contributed by atoms with Crippen molar-refractivity contribution in [1.82, 2.24) is 0 Å². The lowest BCUT2D eigenvalue weighted by Gasteiger charge is -2.21. The standard InChI is InChI=1S/C15H17NO3S/c17-14(18)7-11-8-16(13-4-2-1-3-12(11)13)15(19)10-5-6-20-9-10/h1-4,10-11H,5-9H2,(H,17,18). The molecule has 2 unspecified atom stereocenters. The molecule has 5 heteroatoms. The van der Waals surface area contributed by atoms with Gasteiger partial charge < -0.3 is 10.0 Å². The molecule has 0 aliphatic carbocycles. The van der Waals surface area contributed by atoms with Crippen LogP contribution in [0.5, 0.6) is 0 Å². The highest BCUT2D eigenvalue weighted by Gasteiger charge is 2.36. The summed E-state index contributed by atoms with van der Waals surface area (Å²) in [7, 11) is 0. The highest BCUT2D eigenvalue weighted by molar-refractivity contribution is 7.99. The maximum absolute atomic E-state index is 12.6. The van der Waals surface area contributed by atoms with E-state index >= 15 is 0 Å². The first-order valence-electron chi connectivity index (χ1n) is 6.86. The zero-order valence-corrected chi connectivity index (χ0v) is 11.9. The van der Waals surface area contributed by atoms with Crippen molar-refractivity contribution < 1.29 is 14.7 Å². The van der Waals surface area contributed by atoms with Crippen LogP contribution < -0.4 is 4.90 Å². The Morgan fingerprint density at radius 1 is 1.35 bits per heavy atom. The van der Waals surface area contributed by atoms with Crippen LogP contribution in [0, 0.1) is 5.92 Å². The molecule has 1 aromatic carbocycles. The Labute approximate surface area is 122 Å². The second kappa shape index (κ2) is 5.48. The van der Waals surface area contributed by atoms with Crippen LogP contribution in [0.4, 0.5) is 5.69 Å². The minimum atomic E-state index is -0.810. The van der Waals surface area contributed by atoms with Gasteiger partial charge in [-0.25, -0.2) is 0 Å². The molecule has 0 aromatic heterocycles. The van der Waals surface area contributed by atoms with Crippen molar-refractivity contribution in [2.24, 2.45) is 5.92 Å². The summed E-state index contributed by atoms with van der Waals surface area (Å²) in [6.07, 6.45) is 1.02. The van der Waals surface area contributed by atoms with Crippen LogP contribution in [0.3, 0.4) is 0 Å². The van der Waals surface area contributed by atoms with Crippen molar-refractivity contribution in [1.29, 1.82) is 0 Å². The molecule has 1 saturated heterocycles. The van der Waals surface area contributed by atoms with Gasteiger partial charge >= 0.3 is 5.97 Å². The number of carbonyl (C=O) groups excluding carboxylic acids is 1. The second-order valence-corrected chi connectivity index (χ2v) is 6.51. The number of rotatable bonds is 3.